The Balaban J connectivity index is 2.65. The van der Waals surface area contributed by atoms with Gasteiger partial charge < -0.3 is 9.94 Å². The highest BCUT2D eigenvalue weighted by atomic mass is 32.2. The van der Waals surface area contributed by atoms with Crippen LogP contribution in [0.25, 0.3) is 0 Å². The van der Waals surface area contributed by atoms with Crippen LogP contribution >= 0.6 is 0 Å². The van der Waals surface area contributed by atoms with E-state index in [0.717, 1.165) is 0 Å². The zero-order valence-corrected chi connectivity index (χ0v) is 9.69. The molecule has 0 radical (unpaired) electrons. The van der Waals surface area contributed by atoms with Gasteiger partial charge in [-0.3, -0.25) is 0 Å². The molecule has 6 nitrogen and oxygen atoms in total. The van der Waals surface area contributed by atoms with Crippen LogP contribution in [0.1, 0.15) is 15.9 Å². The normalized spacial score (nSPS) is 19.0. The van der Waals surface area contributed by atoms with E-state index in [0.29, 0.717) is 5.56 Å². The Morgan fingerprint density at radius 1 is 1.47 bits per heavy atom. The van der Waals surface area contributed by atoms with Gasteiger partial charge in [0.1, 0.15) is 11.5 Å². The van der Waals surface area contributed by atoms with Crippen LogP contribution < -0.4 is 0 Å². The lowest BCUT2D eigenvalue weighted by Crippen LogP contribution is -2.05. The predicted molar refractivity (Wildman–Crippen MR) is 58.2 cm³/mol. The molecule has 0 aromatic heterocycles. The molecule has 17 heavy (non-hydrogen) atoms. The third-order valence-electron chi connectivity index (χ3n) is 2.50. The standard InChI is InChI=1S/C10H9NO5S/c1-16-10(12)6-2-3-7-8(11-13)5-17(14,15)9(7)4-6/h2-4,13H,5H2,1H3/b11-8-. The van der Waals surface area contributed by atoms with E-state index < -0.39 is 15.8 Å². The Morgan fingerprint density at radius 3 is 2.76 bits per heavy atom. The van der Waals surface area contributed by atoms with Crippen molar-refractivity contribution in [2.45, 2.75) is 4.90 Å². The number of esters is 1. The molecule has 0 spiro atoms. The SMILES string of the molecule is COC(=O)c1ccc2c(c1)S(=O)(=O)C/C2=N/O. The first-order valence-corrected chi connectivity index (χ1v) is 6.31. The lowest BCUT2D eigenvalue weighted by molar-refractivity contribution is 0.0600. The summed E-state index contributed by atoms with van der Waals surface area (Å²) in [5.41, 5.74) is 0.547. The average Bonchev–Trinajstić information content (AvgIpc) is 2.59. The summed E-state index contributed by atoms with van der Waals surface area (Å²) in [5.74, 6) is -0.971. The zero-order valence-electron chi connectivity index (χ0n) is 8.87. The maximum Gasteiger partial charge on any atom is 0.337 e. The monoisotopic (exact) mass is 255 g/mol. The van der Waals surface area contributed by atoms with Crippen molar-refractivity contribution in [3.8, 4) is 0 Å². The first-order valence-electron chi connectivity index (χ1n) is 4.66. The van der Waals surface area contributed by atoms with E-state index in [9.17, 15) is 13.2 Å². The highest BCUT2D eigenvalue weighted by Crippen LogP contribution is 2.27. The lowest BCUT2D eigenvalue weighted by atomic mass is 10.1. The highest BCUT2D eigenvalue weighted by Gasteiger charge is 2.32. The molecule has 0 bridgehead atoms. The van der Waals surface area contributed by atoms with E-state index in [1.807, 2.05) is 0 Å². The van der Waals surface area contributed by atoms with Crippen LogP contribution in [-0.4, -0.2) is 38.2 Å². The molecule has 1 aliphatic rings. The number of nitrogens with zero attached hydrogens (tertiary/aromatic N) is 1. The van der Waals surface area contributed by atoms with Crippen molar-refractivity contribution in [1.82, 2.24) is 0 Å². The summed E-state index contributed by atoms with van der Waals surface area (Å²) < 4.78 is 28.0. The van der Waals surface area contributed by atoms with Crippen LogP contribution in [0.3, 0.4) is 0 Å². The predicted octanol–water partition coefficient (Wildman–Crippen LogP) is 0.439. The first kappa shape index (κ1) is 11.6. The Kier molecular flexibility index (Phi) is 2.62. The van der Waals surface area contributed by atoms with E-state index in [-0.39, 0.29) is 21.9 Å². The number of hydrogen-bond acceptors (Lipinski definition) is 6. The molecule has 1 aromatic rings. The van der Waals surface area contributed by atoms with Crippen molar-refractivity contribution in [3.63, 3.8) is 0 Å². The van der Waals surface area contributed by atoms with Crippen molar-refractivity contribution in [2.75, 3.05) is 12.9 Å². The van der Waals surface area contributed by atoms with Gasteiger partial charge in [-0.2, -0.15) is 0 Å². The van der Waals surface area contributed by atoms with Crippen molar-refractivity contribution >= 4 is 21.5 Å². The highest BCUT2D eigenvalue weighted by molar-refractivity contribution is 7.92. The number of fused-ring (bicyclic) bond motifs is 1. The second kappa shape index (κ2) is 3.85. The maximum atomic E-state index is 11.7. The molecule has 1 aliphatic heterocycles. The molecule has 0 saturated heterocycles. The summed E-state index contributed by atoms with van der Waals surface area (Å²) in [6.07, 6.45) is 0. The molecular formula is C10H9NO5S. The largest absolute Gasteiger partial charge is 0.465 e. The molecule has 1 N–H and O–H groups in total. The Hall–Kier alpha value is -1.89. The molecule has 2 rings (SSSR count). The lowest BCUT2D eigenvalue weighted by Gasteiger charge is -2.02. The van der Waals surface area contributed by atoms with Crippen LogP contribution in [0.15, 0.2) is 28.3 Å². The smallest absolute Gasteiger partial charge is 0.337 e. The number of hydrogen-bond donors (Lipinski definition) is 1. The summed E-state index contributed by atoms with van der Waals surface area (Å²) in [4.78, 5) is 11.3. The zero-order chi connectivity index (χ0) is 12.6. The molecule has 0 atom stereocenters. The van der Waals surface area contributed by atoms with Crippen LogP contribution in [0, 0.1) is 0 Å². The van der Waals surface area contributed by atoms with E-state index in [1.165, 1.54) is 25.3 Å². The molecule has 0 fully saturated rings. The summed E-state index contributed by atoms with van der Waals surface area (Å²) in [7, 11) is -2.32. The molecular weight excluding hydrogens is 246 g/mol. The van der Waals surface area contributed by atoms with Gasteiger partial charge in [0.25, 0.3) is 0 Å². The van der Waals surface area contributed by atoms with Gasteiger partial charge in [0, 0.05) is 5.56 Å². The van der Waals surface area contributed by atoms with Crippen molar-refractivity contribution in [3.05, 3.63) is 29.3 Å². The summed E-state index contributed by atoms with van der Waals surface area (Å²) >= 11 is 0. The second-order valence-electron chi connectivity index (χ2n) is 3.51. The number of ether oxygens (including phenoxy) is 1. The molecule has 0 unspecified atom stereocenters. The van der Waals surface area contributed by atoms with E-state index in [2.05, 4.69) is 9.89 Å². The number of rotatable bonds is 1. The number of carbonyl (C=O) groups excluding carboxylic acids is 1. The number of carbonyl (C=O) groups is 1. The van der Waals surface area contributed by atoms with E-state index in [4.69, 9.17) is 5.21 Å². The van der Waals surface area contributed by atoms with Crippen molar-refractivity contribution in [1.29, 1.82) is 0 Å². The fraction of sp³-hybridized carbons (Fsp3) is 0.200. The Morgan fingerprint density at radius 2 is 2.18 bits per heavy atom. The van der Waals surface area contributed by atoms with Gasteiger partial charge in [0.05, 0.1) is 17.6 Å². The van der Waals surface area contributed by atoms with Crippen molar-refractivity contribution < 1.29 is 23.2 Å². The van der Waals surface area contributed by atoms with Crippen LogP contribution in [0.2, 0.25) is 0 Å². The fourth-order valence-electron chi connectivity index (χ4n) is 1.68. The molecule has 0 aliphatic carbocycles. The van der Waals surface area contributed by atoms with E-state index in [1.54, 1.807) is 0 Å². The third-order valence-corrected chi connectivity index (χ3v) is 4.16. The summed E-state index contributed by atoms with van der Waals surface area (Å²) in [5, 5.41) is 11.6. The topological polar surface area (TPSA) is 93.0 Å². The van der Waals surface area contributed by atoms with Gasteiger partial charge in [0.2, 0.25) is 0 Å². The van der Waals surface area contributed by atoms with Gasteiger partial charge in [-0.05, 0) is 12.1 Å². The number of methoxy groups -OCH3 is 1. The molecule has 1 aromatic carbocycles. The Bertz CT molecular complexity index is 618. The van der Waals surface area contributed by atoms with Crippen LogP contribution in [-0.2, 0) is 14.6 Å². The van der Waals surface area contributed by atoms with E-state index >= 15 is 0 Å². The minimum atomic E-state index is -3.53. The summed E-state index contributed by atoms with van der Waals surface area (Å²) in [6, 6.07) is 4.09. The number of oxime groups is 1. The van der Waals surface area contributed by atoms with Gasteiger partial charge in [-0.25, -0.2) is 13.2 Å². The molecule has 90 valence electrons. The molecule has 1 heterocycles. The Labute approximate surface area is 97.4 Å². The third kappa shape index (κ3) is 1.78. The molecule has 7 heteroatoms. The fourth-order valence-corrected chi connectivity index (χ4v) is 3.24. The van der Waals surface area contributed by atoms with Crippen LogP contribution in [0.4, 0.5) is 0 Å². The quantitative estimate of drug-likeness (QED) is 0.446. The van der Waals surface area contributed by atoms with Gasteiger partial charge in [-0.1, -0.05) is 11.2 Å². The number of sulfone groups is 1. The van der Waals surface area contributed by atoms with Gasteiger partial charge >= 0.3 is 5.97 Å². The van der Waals surface area contributed by atoms with Gasteiger partial charge in [-0.15, -0.1) is 0 Å². The minimum Gasteiger partial charge on any atom is -0.465 e. The molecule has 0 saturated carbocycles. The van der Waals surface area contributed by atoms with Gasteiger partial charge in [0.15, 0.2) is 9.84 Å². The number of benzene rings is 1. The first-order chi connectivity index (χ1) is 7.99. The molecule has 0 amide bonds. The second-order valence-corrected chi connectivity index (χ2v) is 5.47. The maximum absolute atomic E-state index is 11.7. The van der Waals surface area contributed by atoms with Crippen molar-refractivity contribution in [2.24, 2.45) is 5.16 Å². The van der Waals surface area contributed by atoms with Crippen LogP contribution in [0.5, 0.6) is 0 Å². The summed E-state index contributed by atoms with van der Waals surface area (Å²) in [6.45, 7) is 0. The minimum absolute atomic E-state index is 0.00630. The average molecular weight is 255 g/mol.